The summed E-state index contributed by atoms with van der Waals surface area (Å²) in [5, 5.41) is 0. The van der Waals surface area contributed by atoms with Gasteiger partial charge in [0.2, 0.25) is 0 Å². The van der Waals surface area contributed by atoms with Crippen molar-refractivity contribution in [3.05, 3.63) is 23.8 Å². The SMILES string of the molecule is CC.Cc1cccc2c1OC(F)(P)O2. The summed E-state index contributed by atoms with van der Waals surface area (Å²) in [6, 6.07) is 5.31. The molecular weight excluding hydrogens is 202 g/mol. The van der Waals surface area contributed by atoms with E-state index in [0.717, 1.165) is 5.56 Å². The van der Waals surface area contributed by atoms with E-state index in [1.165, 1.54) is 0 Å². The molecule has 0 saturated heterocycles. The van der Waals surface area contributed by atoms with E-state index in [1.54, 1.807) is 12.1 Å². The molecule has 0 saturated carbocycles. The third-order valence-corrected chi connectivity index (χ3v) is 1.90. The van der Waals surface area contributed by atoms with Crippen LogP contribution in [-0.2, 0) is 0 Å². The molecule has 2 rings (SSSR count). The zero-order chi connectivity index (χ0) is 10.8. The van der Waals surface area contributed by atoms with Gasteiger partial charge in [0.25, 0.3) is 0 Å². The van der Waals surface area contributed by atoms with Crippen LogP contribution in [0.3, 0.4) is 0 Å². The highest BCUT2D eigenvalue weighted by Gasteiger charge is 2.37. The normalized spacial score (nSPS) is 22.6. The second-order valence-electron chi connectivity index (χ2n) is 2.69. The highest BCUT2D eigenvalue weighted by atomic mass is 31.0. The lowest BCUT2D eigenvalue weighted by molar-refractivity contribution is -0.105. The molecule has 0 radical (unpaired) electrons. The fourth-order valence-electron chi connectivity index (χ4n) is 1.15. The molecule has 0 aliphatic carbocycles. The van der Waals surface area contributed by atoms with Gasteiger partial charge in [0.1, 0.15) is 0 Å². The van der Waals surface area contributed by atoms with E-state index in [2.05, 4.69) is 0 Å². The fourth-order valence-corrected chi connectivity index (χ4v) is 1.39. The molecule has 0 spiro atoms. The molecule has 0 fully saturated rings. The van der Waals surface area contributed by atoms with Crippen LogP contribution >= 0.6 is 9.24 Å². The second-order valence-corrected chi connectivity index (χ2v) is 3.38. The Bertz CT molecular complexity index is 326. The predicted octanol–water partition coefficient (Wildman–Crippen LogP) is 3.25. The summed E-state index contributed by atoms with van der Waals surface area (Å²) in [4.78, 5) is 0. The molecule has 0 N–H and O–H groups in total. The van der Waals surface area contributed by atoms with Crippen molar-refractivity contribution in [1.82, 2.24) is 0 Å². The second kappa shape index (κ2) is 4.14. The van der Waals surface area contributed by atoms with Crippen LogP contribution in [-0.4, -0.2) is 5.78 Å². The number of aryl methyl sites for hydroxylation is 1. The topological polar surface area (TPSA) is 18.5 Å². The van der Waals surface area contributed by atoms with Crippen LogP contribution in [0.2, 0.25) is 0 Å². The van der Waals surface area contributed by atoms with Crippen LogP contribution in [0.4, 0.5) is 4.39 Å². The van der Waals surface area contributed by atoms with Crippen molar-refractivity contribution < 1.29 is 13.9 Å². The number of rotatable bonds is 0. The Hall–Kier alpha value is -0.820. The summed E-state index contributed by atoms with van der Waals surface area (Å²) in [7, 11) is 1.87. The Morgan fingerprint density at radius 1 is 1.29 bits per heavy atom. The van der Waals surface area contributed by atoms with Gasteiger partial charge in [-0.1, -0.05) is 26.0 Å². The van der Waals surface area contributed by atoms with E-state index in [1.807, 2.05) is 36.1 Å². The van der Waals surface area contributed by atoms with Gasteiger partial charge in [-0.3, -0.25) is 0 Å². The van der Waals surface area contributed by atoms with E-state index in [0.29, 0.717) is 11.5 Å². The van der Waals surface area contributed by atoms with Gasteiger partial charge >= 0.3 is 5.78 Å². The number of para-hydroxylation sites is 1. The molecule has 2 unspecified atom stereocenters. The Kier molecular flexibility index (Phi) is 3.33. The van der Waals surface area contributed by atoms with Gasteiger partial charge in [-0.05, 0) is 27.8 Å². The molecule has 2 atom stereocenters. The van der Waals surface area contributed by atoms with Crippen LogP contribution < -0.4 is 9.47 Å². The van der Waals surface area contributed by atoms with Gasteiger partial charge in [0, 0.05) is 0 Å². The molecule has 14 heavy (non-hydrogen) atoms. The monoisotopic (exact) mass is 216 g/mol. The summed E-state index contributed by atoms with van der Waals surface area (Å²) in [6.45, 7) is 5.84. The zero-order valence-corrected chi connectivity index (χ0v) is 9.66. The molecule has 0 amide bonds. The van der Waals surface area contributed by atoms with E-state index in [-0.39, 0.29) is 0 Å². The van der Waals surface area contributed by atoms with Crippen molar-refractivity contribution in [3.8, 4) is 11.5 Å². The molecule has 1 heterocycles. The summed E-state index contributed by atoms with van der Waals surface area (Å²) in [6.07, 6.45) is 0. The van der Waals surface area contributed by atoms with Crippen LogP contribution in [0, 0.1) is 6.92 Å². The van der Waals surface area contributed by atoms with E-state index < -0.39 is 5.78 Å². The van der Waals surface area contributed by atoms with Crippen LogP contribution in [0.15, 0.2) is 18.2 Å². The van der Waals surface area contributed by atoms with Crippen LogP contribution in [0.1, 0.15) is 19.4 Å². The van der Waals surface area contributed by atoms with Crippen molar-refractivity contribution in [2.45, 2.75) is 26.6 Å². The van der Waals surface area contributed by atoms with Gasteiger partial charge < -0.3 is 9.47 Å². The first kappa shape index (κ1) is 11.3. The first-order valence-corrected chi connectivity index (χ1v) is 5.12. The zero-order valence-electron chi connectivity index (χ0n) is 8.50. The molecule has 1 aromatic carbocycles. The molecule has 1 aliphatic rings. The van der Waals surface area contributed by atoms with Crippen molar-refractivity contribution in [2.24, 2.45) is 0 Å². The highest BCUT2D eigenvalue weighted by Crippen LogP contribution is 2.44. The van der Waals surface area contributed by atoms with Gasteiger partial charge in [-0.2, -0.15) is 4.39 Å². The molecule has 2 nitrogen and oxygen atoms in total. The third-order valence-electron chi connectivity index (χ3n) is 1.67. The Labute approximate surface area is 85.6 Å². The third kappa shape index (κ3) is 2.16. The number of benzene rings is 1. The van der Waals surface area contributed by atoms with Gasteiger partial charge in [0.05, 0.1) is 0 Å². The van der Waals surface area contributed by atoms with Crippen LogP contribution in [0.5, 0.6) is 11.5 Å². The first-order chi connectivity index (χ1) is 6.58. The van der Waals surface area contributed by atoms with E-state index in [4.69, 9.17) is 9.47 Å². The largest absolute Gasteiger partial charge is 0.420 e. The molecular formula is C10H14FO2P. The van der Waals surface area contributed by atoms with Crippen molar-refractivity contribution in [1.29, 1.82) is 0 Å². The average Bonchev–Trinajstić information content (AvgIpc) is 2.45. The Balaban J connectivity index is 0.000000461. The summed E-state index contributed by atoms with van der Waals surface area (Å²) < 4.78 is 22.9. The average molecular weight is 216 g/mol. The minimum atomic E-state index is -2.09. The number of halogens is 1. The van der Waals surface area contributed by atoms with Crippen LogP contribution in [0.25, 0.3) is 0 Å². The molecule has 78 valence electrons. The number of hydrogen-bond acceptors (Lipinski definition) is 2. The van der Waals surface area contributed by atoms with Crippen molar-refractivity contribution >= 4 is 9.24 Å². The fraction of sp³-hybridized carbons (Fsp3) is 0.400. The molecule has 4 heteroatoms. The molecule has 0 aromatic heterocycles. The summed E-state index contributed by atoms with van der Waals surface area (Å²) in [5.74, 6) is -1.16. The maximum Gasteiger partial charge on any atom is 0.418 e. The Morgan fingerprint density at radius 3 is 2.50 bits per heavy atom. The number of fused-ring (bicyclic) bond motifs is 1. The Morgan fingerprint density at radius 2 is 1.93 bits per heavy atom. The van der Waals surface area contributed by atoms with E-state index in [9.17, 15) is 4.39 Å². The first-order valence-electron chi connectivity index (χ1n) is 4.54. The van der Waals surface area contributed by atoms with E-state index >= 15 is 0 Å². The maximum atomic E-state index is 13.1. The summed E-state index contributed by atoms with van der Waals surface area (Å²) >= 11 is 0. The van der Waals surface area contributed by atoms with Gasteiger partial charge in [-0.15, -0.1) is 0 Å². The van der Waals surface area contributed by atoms with Gasteiger partial charge in [-0.25, -0.2) is 0 Å². The predicted molar refractivity (Wildman–Crippen MR) is 57.3 cm³/mol. The lowest BCUT2D eigenvalue weighted by atomic mass is 10.2. The molecule has 1 aliphatic heterocycles. The molecule has 0 bridgehead atoms. The number of hydrogen-bond donors (Lipinski definition) is 0. The maximum absolute atomic E-state index is 13.1. The minimum Gasteiger partial charge on any atom is -0.420 e. The summed E-state index contributed by atoms with van der Waals surface area (Å²) in [5.41, 5.74) is 0.870. The lowest BCUT2D eigenvalue weighted by Crippen LogP contribution is -2.23. The highest BCUT2D eigenvalue weighted by molar-refractivity contribution is 7.18. The van der Waals surface area contributed by atoms with Gasteiger partial charge in [0.15, 0.2) is 11.5 Å². The number of alkyl halides is 1. The van der Waals surface area contributed by atoms with Crippen molar-refractivity contribution in [3.63, 3.8) is 0 Å². The quantitative estimate of drug-likeness (QED) is 0.620. The lowest BCUT2D eigenvalue weighted by Gasteiger charge is -2.10. The van der Waals surface area contributed by atoms with Crippen molar-refractivity contribution in [2.75, 3.05) is 0 Å². The minimum absolute atomic E-state index is 0.451. The molecule has 1 aromatic rings. The number of ether oxygens (including phenoxy) is 2. The standard InChI is InChI=1S/C8H8FO2P.C2H6/c1-5-3-2-4-6-7(5)11-8(9,12)10-6;1-2/h2-4H,12H2,1H3;1-2H3. The smallest absolute Gasteiger partial charge is 0.418 e.